The maximum absolute atomic E-state index is 11.8. The predicted molar refractivity (Wildman–Crippen MR) is 110 cm³/mol. The average Bonchev–Trinajstić information content (AvgIpc) is 2.55. The third-order valence-electron chi connectivity index (χ3n) is 5.25. The molecule has 7 heteroatoms. The van der Waals surface area contributed by atoms with E-state index < -0.39 is 8.32 Å². The lowest BCUT2D eigenvalue weighted by Crippen LogP contribution is -2.41. The van der Waals surface area contributed by atoms with Crippen LogP contribution in [0.15, 0.2) is 4.79 Å². The van der Waals surface area contributed by atoms with Gasteiger partial charge in [-0.1, -0.05) is 20.8 Å². The monoisotopic (exact) mass is 383 g/mol. The molecule has 0 radical (unpaired) electrons. The molecule has 0 spiro atoms. The smallest absolute Gasteiger partial charge is 0.269 e. The Morgan fingerprint density at radius 1 is 1.28 bits per heavy atom. The Morgan fingerprint density at radius 3 is 2.76 bits per heavy atom. The van der Waals surface area contributed by atoms with Gasteiger partial charge in [-0.25, -0.2) is 5.10 Å². The number of hydrogen-bond donors (Lipinski definition) is 2. The van der Waals surface area contributed by atoms with Gasteiger partial charge >= 0.3 is 0 Å². The summed E-state index contributed by atoms with van der Waals surface area (Å²) in [6.07, 6.45) is 3.85. The molecule has 0 fully saturated rings. The highest BCUT2D eigenvalue weighted by molar-refractivity contribution is 7.99. The molecule has 0 saturated heterocycles. The molecule has 5 nitrogen and oxygen atoms in total. The van der Waals surface area contributed by atoms with Crippen LogP contribution in [0, 0.1) is 0 Å². The van der Waals surface area contributed by atoms with Crippen LogP contribution in [-0.2, 0) is 17.3 Å². The van der Waals surface area contributed by atoms with Gasteiger partial charge in [0.1, 0.15) is 0 Å². The second kappa shape index (κ2) is 8.73. The molecule has 2 heterocycles. The first-order valence-electron chi connectivity index (χ1n) is 9.28. The Hall–Kier alpha value is -0.793. The van der Waals surface area contributed by atoms with Crippen molar-refractivity contribution in [2.75, 3.05) is 30.0 Å². The molecule has 1 aromatic rings. The number of H-pyrrole nitrogens is 1. The fourth-order valence-corrected chi connectivity index (χ4v) is 4.56. The summed E-state index contributed by atoms with van der Waals surface area (Å²) in [6, 6.07) is 0. The highest BCUT2D eigenvalue weighted by atomic mass is 32.2. The number of rotatable bonds is 8. The Morgan fingerprint density at radius 2 is 2.04 bits per heavy atom. The quantitative estimate of drug-likeness (QED) is 0.528. The van der Waals surface area contributed by atoms with Gasteiger partial charge in [0, 0.05) is 25.1 Å². The summed E-state index contributed by atoms with van der Waals surface area (Å²) in [5, 5.41) is 10.5. The van der Waals surface area contributed by atoms with Gasteiger partial charge in [0.15, 0.2) is 8.32 Å². The number of hydrogen-bond acceptors (Lipinski definition) is 5. The predicted octanol–water partition coefficient (Wildman–Crippen LogP) is 3.82. The summed E-state index contributed by atoms with van der Waals surface area (Å²) in [6.45, 7) is 13.2. The minimum Gasteiger partial charge on any atom is -0.417 e. The molecule has 0 aliphatic carbocycles. The van der Waals surface area contributed by atoms with Crippen molar-refractivity contribution in [1.82, 2.24) is 10.2 Å². The number of aryl methyl sites for hydroxylation is 1. The molecule has 25 heavy (non-hydrogen) atoms. The SMILES string of the molecule is CC(C)(C)[Si](C)(C)OCCCSCCc1n[nH]c(=O)c2c1NCCC2. The van der Waals surface area contributed by atoms with E-state index in [2.05, 4.69) is 49.4 Å². The first-order chi connectivity index (χ1) is 11.7. The fourth-order valence-electron chi connectivity index (χ4n) is 2.61. The summed E-state index contributed by atoms with van der Waals surface area (Å²) in [5.41, 5.74) is 2.82. The largest absolute Gasteiger partial charge is 0.417 e. The molecule has 0 unspecified atom stereocenters. The molecule has 0 saturated carbocycles. The van der Waals surface area contributed by atoms with E-state index in [1.807, 2.05) is 11.8 Å². The maximum atomic E-state index is 11.8. The summed E-state index contributed by atoms with van der Waals surface area (Å²) in [7, 11) is -1.61. The highest BCUT2D eigenvalue weighted by Crippen LogP contribution is 2.36. The Labute approximate surface area is 156 Å². The van der Waals surface area contributed by atoms with Crippen molar-refractivity contribution in [3.05, 3.63) is 21.6 Å². The molecule has 2 rings (SSSR count). The molecule has 0 amide bonds. The summed E-state index contributed by atoms with van der Waals surface area (Å²) < 4.78 is 6.21. The standard InChI is InChI=1S/C18H33N3O2SSi/c1-18(2,3)25(4,5)23-11-7-12-24-13-9-15-16-14(8-6-10-19-16)17(22)21-20-15/h19H,6-13H2,1-5H3,(H,21,22). The van der Waals surface area contributed by atoms with Gasteiger partial charge in [0.25, 0.3) is 5.56 Å². The van der Waals surface area contributed by atoms with E-state index >= 15 is 0 Å². The van der Waals surface area contributed by atoms with E-state index in [0.29, 0.717) is 0 Å². The molecular formula is C18H33N3O2SSi. The number of anilines is 1. The number of aromatic amines is 1. The van der Waals surface area contributed by atoms with Crippen LogP contribution >= 0.6 is 11.8 Å². The number of thioether (sulfide) groups is 1. The van der Waals surface area contributed by atoms with Crippen LogP contribution in [0.25, 0.3) is 0 Å². The van der Waals surface area contributed by atoms with Crippen molar-refractivity contribution >= 4 is 25.8 Å². The normalized spacial score (nSPS) is 14.9. The molecular weight excluding hydrogens is 350 g/mol. The molecule has 142 valence electrons. The van der Waals surface area contributed by atoms with Crippen LogP contribution in [0.2, 0.25) is 18.1 Å². The lowest BCUT2D eigenvalue weighted by atomic mass is 10.0. The third-order valence-corrected chi connectivity index (χ3v) is 10.9. The van der Waals surface area contributed by atoms with E-state index in [1.165, 1.54) is 0 Å². The van der Waals surface area contributed by atoms with E-state index in [1.54, 1.807) is 0 Å². The lowest BCUT2D eigenvalue weighted by molar-refractivity contribution is 0.289. The van der Waals surface area contributed by atoms with Crippen molar-refractivity contribution in [2.45, 2.75) is 64.6 Å². The topological polar surface area (TPSA) is 67.0 Å². The van der Waals surface area contributed by atoms with Gasteiger partial charge in [0.2, 0.25) is 0 Å². The number of aromatic nitrogens is 2. The average molecular weight is 384 g/mol. The minimum atomic E-state index is -1.61. The molecule has 1 aliphatic rings. The summed E-state index contributed by atoms with van der Waals surface area (Å²) in [4.78, 5) is 11.8. The van der Waals surface area contributed by atoms with Gasteiger partial charge < -0.3 is 9.74 Å². The molecule has 1 aliphatic heterocycles. The minimum absolute atomic E-state index is 0.0404. The van der Waals surface area contributed by atoms with Crippen molar-refractivity contribution in [2.24, 2.45) is 0 Å². The van der Waals surface area contributed by atoms with Crippen LogP contribution in [0.1, 0.15) is 44.9 Å². The van der Waals surface area contributed by atoms with Crippen LogP contribution in [0.4, 0.5) is 5.69 Å². The van der Waals surface area contributed by atoms with E-state index in [-0.39, 0.29) is 10.6 Å². The Balaban J connectivity index is 1.70. The summed E-state index contributed by atoms with van der Waals surface area (Å²) in [5.74, 6) is 2.13. The fraction of sp³-hybridized carbons (Fsp3) is 0.778. The Bertz CT molecular complexity index is 626. The van der Waals surface area contributed by atoms with Gasteiger partial charge in [-0.2, -0.15) is 16.9 Å². The van der Waals surface area contributed by atoms with Crippen LogP contribution < -0.4 is 10.9 Å². The number of nitrogens with one attached hydrogen (secondary N) is 2. The summed E-state index contributed by atoms with van der Waals surface area (Å²) >= 11 is 1.94. The van der Waals surface area contributed by atoms with Crippen molar-refractivity contribution in [3.63, 3.8) is 0 Å². The zero-order chi connectivity index (χ0) is 18.5. The Kier molecular flexibility index (Phi) is 7.16. The lowest BCUT2D eigenvalue weighted by Gasteiger charge is -2.36. The second-order valence-electron chi connectivity index (χ2n) is 8.21. The van der Waals surface area contributed by atoms with Crippen LogP contribution in [0.5, 0.6) is 0 Å². The van der Waals surface area contributed by atoms with E-state index in [9.17, 15) is 4.79 Å². The molecule has 0 bridgehead atoms. The van der Waals surface area contributed by atoms with Crippen molar-refractivity contribution < 1.29 is 4.43 Å². The maximum Gasteiger partial charge on any atom is 0.269 e. The zero-order valence-electron chi connectivity index (χ0n) is 16.3. The number of nitrogens with zero attached hydrogens (tertiary/aromatic N) is 1. The zero-order valence-corrected chi connectivity index (χ0v) is 18.1. The third kappa shape index (κ3) is 5.59. The number of fused-ring (bicyclic) bond motifs is 1. The van der Waals surface area contributed by atoms with Crippen molar-refractivity contribution in [3.8, 4) is 0 Å². The highest BCUT2D eigenvalue weighted by Gasteiger charge is 2.36. The van der Waals surface area contributed by atoms with Crippen LogP contribution in [0.3, 0.4) is 0 Å². The first kappa shape index (κ1) is 20.5. The second-order valence-corrected chi connectivity index (χ2v) is 14.2. The van der Waals surface area contributed by atoms with Gasteiger partial charge in [-0.3, -0.25) is 4.79 Å². The molecule has 2 N–H and O–H groups in total. The van der Waals surface area contributed by atoms with Crippen LogP contribution in [-0.4, -0.2) is 43.2 Å². The van der Waals surface area contributed by atoms with E-state index in [4.69, 9.17) is 4.43 Å². The molecule has 0 aromatic carbocycles. The molecule has 1 aromatic heterocycles. The van der Waals surface area contributed by atoms with Gasteiger partial charge in [-0.15, -0.1) is 0 Å². The van der Waals surface area contributed by atoms with E-state index in [0.717, 1.165) is 67.3 Å². The van der Waals surface area contributed by atoms with Crippen molar-refractivity contribution in [1.29, 1.82) is 0 Å². The van der Waals surface area contributed by atoms with Gasteiger partial charge in [0.05, 0.1) is 11.4 Å². The molecule has 0 atom stereocenters. The van der Waals surface area contributed by atoms with Gasteiger partial charge in [-0.05, 0) is 48.9 Å². The first-order valence-corrected chi connectivity index (χ1v) is 13.3.